The molecule has 1 aromatic heterocycles. The van der Waals surface area contributed by atoms with Crippen LogP contribution in [0.1, 0.15) is 49.9 Å². The molecule has 7 heteroatoms. The Hall–Kier alpha value is -1.47. The topological polar surface area (TPSA) is 82.7 Å². The lowest BCUT2D eigenvalue weighted by Crippen LogP contribution is -2.56. The molecule has 1 amide bonds. The van der Waals surface area contributed by atoms with Gasteiger partial charge < -0.3 is 14.5 Å². The average Bonchev–Trinajstić information content (AvgIpc) is 2.94. The van der Waals surface area contributed by atoms with Gasteiger partial charge in [0.2, 0.25) is 5.89 Å². The first-order chi connectivity index (χ1) is 10.5. The third kappa shape index (κ3) is 2.87. The summed E-state index contributed by atoms with van der Waals surface area (Å²) in [6.45, 7) is 3.62. The molecule has 0 spiro atoms. The van der Waals surface area contributed by atoms with Gasteiger partial charge in [0.05, 0.1) is 0 Å². The SMILES string of the molecule is Cc1noc([C@@H]2CN(C(=O)C3(O)CCCCC3)CCN2C)n1. The van der Waals surface area contributed by atoms with E-state index in [9.17, 15) is 9.90 Å². The number of hydrogen-bond acceptors (Lipinski definition) is 6. The molecule has 1 N–H and O–H groups in total. The van der Waals surface area contributed by atoms with Gasteiger partial charge in [-0.1, -0.05) is 24.4 Å². The fourth-order valence-corrected chi connectivity index (χ4v) is 3.42. The van der Waals surface area contributed by atoms with E-state index >= 15 is 0 Å². The van der Waals surface area contributed by atoms with Gasteiger partial charge in [0.15, 0.2) is 5.82 Å². The molecule has 2 fully saturated rings. The Balaban J connectivity index is 1.73. The molecule has 3 rings (SSSR count). The van der Waals surface area contributed by atoms with E-state index in [0.717, 1.165) is 25.8 Å². The molecule has 1 saturated heterocycles. The summed E-state index contributed by atoms with van der Waals surface area (Å²) in [6, 6.07) is -0.105. The number of hydrogen-bond donors (Lipinski definition) is 1. The average molecular weight is 308 g/mol. The smallest absolute Gasteiger partial charge is 0.254 e. The predicted molar refractivity (Wildman–Crippen MR) is 79.0 cm³/mol. The molecule has 0 unspecified atom stereocenters. The molecule has 1 aliphatic heterocycles. The van der Waals surface area contributed by atoms with Crippen LogP contribution in [0.25, 0.3) is 0 Å². The first-order valence-corrected chi connectivity index (χ1v) is 8.02. The third-order valence-corrected chi connectivity index (χ3v) is 4.84. The number of aromatic nitrogens is 2. The Morgan fingerprint density at radius 1 is 1.32 bits per heavy atom. The third-order valence-electron chi connectivity index (χ3n) is 4.84. The lowest BCUT2D eigenvalue weighted by molar-refractivity contribution is -0.157. The number of piperazine rings is 1. The van der Waals surface area contributed by atoms with Crippen molar-refractivity contribution in [2.24, 2.45) is 0 Å². The molecule has 0 aromatic carbocycles. The largest absolute Gasteiger partial charge is 0.380 e. The van der Waals surface area contributed by atoms with Gasteiger partial charge in [-0.3, -0.25) is 9.69 Å². The summed E-state index contributed by atoms with van der Waals surface area (Å²) < 4.78 is 5.27. The molecule has 1 atom stereocenters. The van der Waals surface area contributed by atoms with E-state index in [1.54, 1.807) is 11.8 Å². The molecule has 1 aliphatic carbocycles. The van der Waals surface area contributed by atoms with E-state index in [4.69, 9.17) is 4.52 Å². The van der Waals surface area contributed by atoms with Crippen LogP contribution in [0.15, 0.2) is 4.52 Å². The van der Waals surface area contributed by atoms with Crippen LogP contribution in [0.5, 0.6) is 0 Å². The normalized spacial score (nSPS) is 26.1. The van der Waals surface area contributed by atoms with Gasteiger partial charge in [-0.05, 0) is 26.8 Å². The number of aliphatic hydroxyl groups is 1. The van der Waals surface area contributed by atoms with Crippen molar-refractivity contribution in [2.75, 3.05) is 26.7 Å². The van der Waals surface area contributed by atoms with Crippen LogP contribution >= 0.6 is 0 Å². The van der Waals surface area contributed by atoms with E-state index in [1.165, 1.54) is 0 Å². The Kier molecular flexibility index (Phi) is 4.18. The van der Waals surface area contributed by atoms with Crippen molar-refractivity contribution in [3.8, 4) is 0 Å². The van der Waals surface area contributed by atoms with E-state index in [0.29, 0.717) is 37.6 Å². The summed E-state index contributed by atoms with van der Waals surface area (Å²) in [5.74, 6) is 0.993. The highest BCUT2D eigenvalue weighted by atomic mass is 16.5. The van der Waals surface area contributed by atoms with Crippen molar-refractivity contribution in [3.05, 3.63) is 11.7 Å². The zero-order valence-electron chi connectivity index (χ0n) is 13.3. The number of carbonyl (C=O) groups is 1. The maximum atomic E-state index is 12.8. The minimum Gasteiger partial charge on any atom is -0.380 e. The standard InChI is InChI=1S/C15H24N4O3/c1-11-16-13(22-17-11)12-10-19(9-8-18(12)2)14(20)15(21)6-4-3-5-7-15/h12,21H,3-10H2,1-2H3/t12-/m0/s1. The lowest BCUT2D eigenvalue weighted by atomic mass is 9.83. The highest BCUT2D eigenvalue weighted by Gasteiger charge is 2.42. The van der Waals surface area contributed by atoms with Gasteiger partial charge in [-0.2, -0.15) is 4.98 Å². The second-order valence-corrected chi connectivity index (χ2v) is 6.52. The van der Waals surface area contributed by atoms with Gasteiger partial charge in [-0.15, -0.1) is 0 Å². The Bertz CT molecular complexity index is 539. The predicted octanol–water partition coefficient (Wildman–Crippen LogP) is 0.888. The van der Waals surface area contributed by atoms with Crippen molar-refractivity contribution in [1.82, 2.24) is 19.9 Å². The van der Waals surface area contributed by atoms with Crippen LogP contribution in [-0.4, -0.2) is 63.2 Å². The molecule has 0 radical (unpaired) electrons. The maximum absolute atomic E-state index is 12.8. The van der Waals surface area contributed by atoms with Gasteiger partial charge in [-0.25, -0.2) is 0 Å². The number of amides is 1. The van der Waals surface area contributed by atoms with Crippen LogP contribution in [0, 0.1) is 6.92 Å². The highest BCUT2D eigenvalue weighted by molar-refractivity contribution is 5.85. The summed E-state index contributed by atoms with van der Waals surface area (Å²) >= 11 is 0. The van der Waals surface area contributed by atoms with Crippen molar-refractivity contribution in [2.45, 2.75) is 50.7 Å². The van der Waals surface area contributed by atoms with Gasteiger partial charge in [0.25, 0.3) is 5.91 Å². The van der Waals surface area contributed by atoms with Crippen LogP contribution in [0.3, 0.4) is 0 Å². The van der Waals surface area contributed by atoms with Crippen LogP contribution in [-0.2, 0) is 4.79 Å². The molecule has 2 heterocycles. The Morgan fingerprint density at radius 3 is 2.68 bits per heavy atom. The van der Waals surface area contributed by atoms with Crippen molar-refractivity contribution in [1.29, 1.82) is 0 Å². The first kappa shape index (κ1) is 15.4. The van der Waals surface area contributed by atoms with Crippen molar-refractivity contribution in [3.63, 3.8) is 0 Å². The molecule has 22 heavy (non-hydrogen) atoms. The van der Waals surface area contributed by atoms with E-state index < -0.39 is 5.60 Å². The van der Waals surface area contributed by atoms with Crippen LogP contribution < -0.4 is 0 Å². The molecular formula is C15H24N4O3. The van der Waals surface area contributed by atoms with Crippen LogP contribution in [0.2, 0.25) is 0 Å². The van der Waals surface area contributed by atoms with Crippen LogP contribution in [0.4, 0.5) is 0 Å². The van der Waals surface area contributed by atoms with E-state index in [2.05, 4.69) is 15.0 Å². The molecule has 1 saturated carbocycles. The zero-order chi connectivity index (χ0) is 15.7. The van der Waals surface area contributed by atoms with Gasteiger partial charge in [0.1, 0.15) is 11.6 Å². The number of carbonyl (C=O) groups excluding carboxylic acids is 1. The molecule has 0 bridgehead atoms. The summed E-state index contributed by atoms with van der Waals surface area (Å²) in [6.07, 6.45) is 4.08. The molecule has 1 aromatic rings. The fourth-order valence-electron chi connectivity index (χ4n) is 3.42. The summed E-state index contributed by atoms with van der Waals surface area (Å²) in [5.41, 5.74) is -1.18. The monoisotopic (exact) mass is 308 g/mol. The molecule has 2 aliphatic rings. The van der Waals surface area contributed by atoms with E-state index in [-0.39, 0.29) is 11.9 Å². The summed E-state index contributed by atoms with van der Waals surface area (Å²) in [7, 11) is 1.99. The zero-order valence-corrected chi connectivity index (χ0v) is 13.3. The Morgan fingerprint density at radius 2 is 2.05 bits per heavy atom. The quantitative estimate of drug-likeness (QED) is 0.873. The lowest BCUT2D eigenvalue weighted by Gasteiger charge is -2.42. The maximum Gasteiger partial charge on any atom is 0.254 e. The molecule has 7 nitrogen and oxygen atoms in total. The second-order valence-electron chi connectivity index (χ2n) is 6.52. The Labute approximate surface area is 130 Å². The fraction of sp³-hybridized carbons (Fsp3) is 0.800. The van der Waals surface area contributed by atoms with E-state index in [1.807, 2.05) is 7.05 Å². The van der Waals surface area contributed by atoms with Gasteiger partial charge in [0, 0.05) is 19.6 Å². The van der Waals surface area contributed by atoms with Crippen molar-refractivity contribution < 1.29 is 14.4 Å². The minimum absolute atomic E-state index is 0.105. The summed E-state index contributed by atoms with van der Waals surface area (Å²) in [5, 5.41) is 14.5. The minimum atomic E-state index is -1.18. The number of aryl methyl sites for hydroxylation is 1. The second kappa shape index (κ2) is 5.96. The van der Waals surface area contributed by atoms with Gasteiger partial charge >= 0.3 is 0 Å². The van der Waals surface area contributed by atoms with Crippen molar-refractivity contribution >= 4 is 5.91 Å². The highest BCUT2D eigenvalue weighted by Crippen LogP contribution is 2.32. The molecule has 122 valence electrons. The number of rotatable bonds is 2. The molecular weight excluding hydrogens is 284 g/mol. The number of likely N-dealkylation sites (N-methyl/N-ethyl adjacent to an activating group) is 1. The first-order valence-electron chi connectivity index (χ1n) is 8.02. The summed E-state index contributed by atoms with van der Waals surface area (Å²) in [4.78, 5) is 20.9. The number of nitrogens with zero attached hydrogens (tertiary/aromatic N) is 4.